The number of nitrogens with one attached hydrogen (secondary N) is 1. The predicted octanol–water partition coefficient (Wildman–Crippen LogP) is 5.87. The van der Waals surface area contributed by atoms with Crippen LogP contribution in [0, 0.1) is 16.3 Å². The van der Waals surface area contributed by atoms with Crippen molar-refractivity contribution in [3.8, 4) is 0 Å². The number of nitrogens with zero attached hydrogens (tertiary/aromatic N) is 1. The van der Waals surface area contributed by atoms with Crippen molar-refractivity contribution in [2.75, 3.05) is 18.9 Å². The number of anilines is 1. The van der Waals surface area contributed by atoms with Gasteiger partial charge in [-0.1, -0.05) is 18.2 Å². The van der Waals surface area contributed by atoms with Gasteiger partial charge in [-0.05, 0) is 59.7 Å². The zero-order valence-corrected chi connectivity index (χ0v) is 21.5. The van der Waals surface area contributed by atoms with Crippen molar-refractivity contribution in [1.82, 2.24) is 4.90 Å². The first-order valence-corrected chi connectivity index (χ1v) is 11.4. The highest BCUT2D eigenvalue weighted by Crippen LogP contribution is 2.53. The molecule has 2 amide bonds. The summed E-state index contributed by atoms with van der Waals surface area (Å²) in [7, 11) is 1.37. The molecule has 202 valence electrons. The molecule has 0 heterocycles. The van der Waals surface area contributed by atoms with Crippen LogP contribution in [0.25, 0.3) is 0 Å². The van der Waals surface area contributed by atoms with E-state index in [1.165, 1.54) is 41.8 Å². The molecule has 0 aliphatic carbocycles. The lowest BCUT2D eigenvalue weighted by molar-refractivity contribution is -0.348. The van der Waals surface area contributed by atoms with Crippen LogP contribution in [-0.4, -0.2) is 48.4 Å². The fourth-order valence-electron chi connectivity index (χ4n) is 3.27. The number of alkyl halides is 7. The van der Waals surface area contributed by atoms with Gasteiger partial charge in [-0.2, -0.15) is 26.3 Å². The third-order valence-corrected chi connectivity index (χ3v) is 6.29. The van der Waals surface area contributed by atoms with Crippen LogP contribution in [0.5, 0.6) is 0 Å². The van der Waals surface area contributed by atoms with Crippen molar-refractivity contribution in [2.24, 2.45) is 0 Å². The number of benzene rings is 2. The molecule has 0 radical (unpaired) electrons. The second-order valence-corrected chi connectivity index (χ2v) is 9.12. The molecule has 0 unspecified atom stereocenters. The number of carbonyl (C=O) groups is 3. The molecule has 0 spiro atoms. The first kappa shape index (κ1) is 30.4. The van der Waals surface area contributed by atoms with E-state index in [4.69, 9.17) is 0 Å². The van der Waals surface area contributed by atoms with Gasteiger partial charge in [0.15, 0.2) is 0 Å². The maximum absolute atomic E-state index is 15.0. The smallest absolute Gasteiger partial charge is 0.339 e. The van der Waals surface area contributed by atoms with E-state index in [1.807, 2.05) is 0 Å². The Morgan fingerprint density at radius 1 is 1.00 bits per heavy atom. The van der Waals surface area contributed by atoms with E-state index in [9.17, 15) is 49.5 Å². The van der Waals surface area contributed by atoms with Crippen LogP contribution in [0.1, 0.15) is 34.0 Å². The Balaban J connectivity index is 2.41. The number of rotatable bonds is 7. The van der Waals surface area contributed by atoms with Gasteiger partial charge in [0.1, 0.15) is 5.82 Å². The summed E-state index contributed by atoms with van der Waals surface area (Å²) in [5.41, 5.74) is -8.92. The molecule has 0 saturated heterocycles. The Hall–Kier alpha value is -2.78. The highest BCUT2D eigenvalue weighted by molar-refractivity contribution is 14.1. The standard InChI is InChI=1S/C23H19F8IN2O3/c1-4-34(3)20(37)16(35)9-12-6-5-7-14(17(12)24)19(36)33-18-11(2)8-13(10-15(18)32)21(25,22(26,27)28)23(29,30)31/h5-8,10H,4,9H2,1-3H3,(H,33,36). The summed E-state index contributed by atoms with van der Waals surface area (Å²) < 4.78 is 108. The van der Waals surface area contributed by atoms with Crippen molar-refractivity contribution in [1.29, 1.82) is 0 Å². The first-order chi connectivity index (χ1) is 16.9. The molecule has 14 heteroatoms. The molecule has 0 aliphatic rings. The molecule has 0 bridgehead atoms. The number of hydrogen-bond acceptors (Lipinski definition) is 3. The largest absolute Gasteiger partial charge is 0.435 e. The van der Waals surface area contributed by atoms with Crippen LogP contribution < -0.4 is 5.32 Å². The average molecular weight is 650 g/mol. The van der Waals surface area contributed by atoms with Crippen LogP contribution in [0.3, 0.4) is 0 Å². The van der Waals surface area contributed by atoms with Gasteiger partial charge < -0.3 is 10.2 Å². The summed E-state index contributed by atoms with van der Waals surface area (Å²) in [6.45, 7) is 2.88. The Bertz CT molecular complexity index is 1190. The normalized spacial score (nSPS) is 12.3. The minimum absolute atomic E-state index is 0.224. The lowest BCUT2D eigenvalue weighted by Crippen LogP contribution is -2.50. The van der Waals surface area contributed by atoms with E-state index < -0.39 is 59.0 Å². The Morgan fingerprint density at radius 2 is 1.57 bits per heavy atom. The van der Waals surface area contributed by atoms with Crippen LogP contribution >= 0.6 is 22.6 Å². The second-order valence-electron chi connectivity index (χ2n) is 7.96. The Labute approximate surface area is 219 Å². The minimum atomic E-state index is -6.32. The summed E-state index contributed by atoms with van der Waals surface area (Å²) in [5.74, 6) is -4.10. The summed E-state index contributed by atoms with van der Waals surface area (Å²) in [6, 6.07) is 3.99. The Kier molecular flexibility index (Phi) is 8.98. The third-order valence-electron chi connectivity index (χ3n) is 5.44. The van der Waals surface area contributed by atoms with Crippen LogP contribution in [0.2, 0.25) is 0 Å². The SMILES string of the molecule is CCN(C)C(=O)C(=O)Cc1cccc(C(=O)Nc2c(C)cc(C(F)(C(F)(F)F)C(F)(F)F)cc2I)c1F. The number of likely N-dealkylation sites (N-methyl/N-ethyl adjacent to an activating group) is 1. The van der Waals surface area contributed by atoms with Gasteiger partial charge in [0.25, 0.3) is 11.8 Å². The van der Waals surface area contributed by atoms with Crippen LogP contribution in [-0.2, 0) is 21.7 Å². The van der Waals surface area contributed by atoms with Crippen LogP contribution in [0.15, 0.2) is 30.3 Å². The molecule has 5 nitrogen and oxygen atoms in total. The molecule has 2 rings (SSSR count). The zero-order chi connectivity index (χ0) is 28.5. The summed E-state index contributed by atoms with van der Waals surface area (Å²) in [4.78, 5) is 37.9. The quantitative estimate of drug-likeness (QED) is 0.232. The molecule has 2 aromatic rings. The van der Waals surface area contributed by atoms with Crippen molar-refractivity contribution in [3.05, 3.63) is 62.0 Å². The van der Waals surface area contributed by atoms with E-state index in [-0.39, 0.29) is 33.0 Å². The number of hydrogen-bond donors (Lipinski definition) is 1. The summed E-state index contributed by atoms with van der Waals surface area (Å²) >= 11 is 1.31. The molecule has 0 fully saturated rings. The van der Waals surface area contributed by atoms with Crippen LogP contribution in [0.4, 0.5) is 40.8 Å². The highest BCUT2D eigenvalue weighted by atomic mass is 127. The van der Waals surface area contributed by atoms with Crippen molar-refractivity contribution in [3.63, 3.8) is 0 Å². The van der Waals surface area contributed by atoms with Gasteiger partial charge in [0.2, 0.25) is 5.78 Å². The number of amides is 2. The van der Waals surface area contributed by atoms with Gasteiger partial charge in [-0.25, -0.2) is 8.78 Å². The number of ketones is 1. The van der Waals surface area contributed by atoms with E-state index in [0.29, 0.717) is 6.07 Å². The number of aryl methyl sites for hydroxylation is 1. The van der Waals surface area contributed by atoms with E-state index in [0.717, 1.165) is 17.9 Å². The first-order valence-electron chi connectivity index (χ1n) is 10.4. The molecule has 1 N–H and O–H groups in total. The maximum Gasteiger partial charge on any atom is 0.435 e. The number of halogens is 9. The topological polar surface area (TPSA) is 66.5 Å². The lowest BCUT2D eigenvalue weighted by atomic mass is 9.92. The van der Waals surface area contributed by atoms with Crippen molar-refractivity contribution < 1.29 is 49.5 Å². The van der Waals surface area contributed by atoms with Gasteiger partial charge in [0, 0.05) is 29.1 Å². The third kappa shape index (κ3) is 6.04. The lowest BCUT2D eigenvalue weighted by Gasteiger charge is -2.31. The summed E-state index contributed by atoms with van der Waals surface area (Å²) in [6.07, 6.45) is -13.3. The molecular weight excluding hydrogens is 631 g/mol. The average Bonchev–Trinajstić information content (AvgIpc) is 2.79. The molecular formula is C23H19F8IN2O3. The van der Waals surface area contributed by atoms with Crippen molar-refractivity contribution >= 4 is 45.9 Å². The van der Waals surface area contributed by atoms with Crippen molar-refractivity contribution in [2.45, 2.75) is 38.3 Å². The zero-order valence-electron chi connectivity index (χ0n) is 19.4. The monoisotopic (exact) mass is 650 g/mol. The van der Waals surface area contributed by atoms with E-state index >= 15 is 0 Å². The second kappa shape index (κ2) is 10.9. The van der Waals surface area contributed by atoms with Gasteiger partial charge in [-0.15, -0.1) is 0 Å². The maximum atomic E-state index is 15.0. The minimum Gasteiger partial charge on any atom is -0.339 e. The molecule has 0 aromatic heterocycles. The molecule has 0 aliphatic heterocycles. The van der Waals surface area contributed by atoms with Gasteiger partial charge >= 0.3 is 18.0 Å². The highest BCUT2D eigenvalue weighted by Gasteiger charge is 2.73. The molecule has 2 aromatic carbocycles. The van der Waals surface area contributed by atoms with E-state index in [1.54, 1.807) is 6.92 Å². The Morgan fingerprint density at radius 3 is 2.05 bits per heavy atom. The fourth-order valence-corrected chi connectivity index (χ4v) is 4.16. The molecule has 37 heavy (non-hydrogen) atoms. The number of carbonyl (C=O) groups excluding carboxylic acids is 3. The van der Waals surface area contributed by atoms with Gasteiger partial charge in [-0.3, -0.25) is 14.4 Å². The van der Waals surface area contributed by atoms with E-state index in [2.05, 4.69) is 5.32 Å². The fraction of sp³-hybridized carbons (Fsp3) is 0.348. The predicted molar refractivity (Wildman–Crippen MR) is 125 cm³/mol. The molecule has 0 atom stereocenters. The number of Topliss-reactive ketones (excluding diaryl/α,β-unsaturated/α-hetero) is 1. The summed E-state index contributed by atoms with van der Waals surface area (Å²) in [5, 5.41) is 2.19. The van der Waals surface area contributed by atoms with Gasteiger partial charge in [0.05, 0.1) is 11.3 Å². The molecule has 0 saturated carbocycles.